The van der Waals surface area contributed by atoms with Gasteiger partial charge in [0.05, 0.1) is 23.5 Å². The van der Waals surface area contributed by atoms with Crippen LogP contribution in [0.2, 0.25) is 0 Å². The molecule has 11 heteroatoms. The molecule has 0 aliphatic heterocycles. The van der Waals surface area contributed by atoms with E-state index < -0.39 is 33.5 Å². The van der Waals surface area contributed by atoms with Crippen LogP contribution in [0.25, 0.3) is 0 Å². The van der Waals surface area contributed by atoms with Crippen LogP contribution < -0.4 is 14.8 Å². The quantitative estimate of drug-likeness (QED) is 0.221. The highest BCUT2D eigenvalue weighted by molar-refractivity contribution is 7.89. The van der Waals surface area contributed by atoms with E-state index in [0.29, 0.717) is 24.3 Å². The van der Waals surface area contributed by atoms with Crippen molar-refractivity contribution in [2.24, 2.45) is 0 Å². The molecule has 0 radical (unpaired) electrons. The predicted molar refractivity (Wildman–Crippen MR) is 162 cm³/mol. The van der Waals surface area contributed by atoms with Gasteiger partial charge in [-0.2, -0.15) is 4.72 Å². The van der Waals surface area contributed by atoms with Gasteiger partial charge in [0.2, 0.25) is 10.0 Å². The van der Waals surface area contributed by atoms with Gasteiger partial charge in [0, 0.05) is 31.3 Å². The third-order valence-corrected chi connectivity index (χ3v) is 7.63. The number of carbonyl (C=O) groups is 2. The summed E-state index contributed by atoms with van der Waals surface area (Å²) < 4.78 is 41.3. The first-order valence-corrected chi connectivity index (χ1v) is 15.3. The maximum absolute atomic E-state index is 12.9. The number of benzene rings is 3. The second-order valence-electron chi connectivity index (χ2n) is 10.9. The molecular weight excluding hydrogens is 568 g/mol. The third kappa shape index (κ3) is 9.79. The summed E-state index contributed by atoms with van der Waals surface area (Å²) in [6, 6.07) is 23.0. The first-order chi connectivity index (χ1) is 20.5. The highest BCUT2D eigenvalue weighted by Gasteiger charge is 2.30. The number of hydrogen-bond acceptors (Lipinski definition) is 7. The molecule has 1 amide bonds. The molecule has 2 N–H and O–H groups in total. The van der Waals surface area contributed by atoms with Crippen molar-refractivity contribution in [1.82, 2.24) is 19.6 Å². The van der Waals surface area contributed by atoms with Gasteiger partial charge < -0.3 is 19.4 Å². The topological polar surface area (TPSA) is 129 Å². The molecule has 3 aromatic carbocycles. The molecule has 0 aliphatic rings. The van der Waals surface area contributed by atoms with Gasteiger partial charge in [-0.15, -0.1) is 0 Å². The molecule has 0 saturated carbocycles. The Labute approximate surface area is 252 Å². The smallest absolute Gasteiger partial charge is 0.326 e. The van der Waals surface area contributed by atoms with Crippen molar-refractivity contribution in [3.63, 3.8) is 0 Å². The summed E-state index contributed by atoms with van der Waals surface area (Å²) in [5.41, 5.74) is 1.58. The van der Waals surface area contributed by atoms with Crippen LogP contribution in [0.4, 0.5) is 0 Å². The van der Waals surface area contributed by atoms with E-state index >= 15 is 0 Å². The predicted octanol–water partition coefficient (Wildman–Crippen LogP) is 3.97. The van der Waals surface area contributed by atoms with Crippen molar-refractivity contribution < 1.29 is 27.5 Å². The number of hydrogen-bond donors (Lipinski definition) is 2. The number of carbonyl (C=O) groups excluding carboxylic acids is 2. The second-order valence-corrected chi connectivity index (χ2v) is 12.6. The minimum absolute atomic E-state index is 0.00832. The van der Waals surface area contributed by atoms with Gasteiger partial charge in [-0.25, -0.2) is 13.4 Å². The molecule has 43 heavy (non-hydrogen) atoms. The Hall–Kier alpha value is -4.48. The van der Waals surface area contributed by atoms with Crippen LogP contribution in [-0.4, -0.2) is 54.6 Å². The standard InChI is InChI=1S/C32H36N4O6S/c1-32(2,3)42-31(38)29(35-43(39,40)28-12-8-5-9-13-28)20-33-30(37)25-14-16-27(17-15-25)41-19-18-26-22-36(23-34-26)21-24-10-6-4-7-11-24/h4-17,22-23,29,35H,18-21H2,1-3H3,(H,33,37). The maximum Gasteiger partial charge on any atom is 0.326 e. The molecule has 0 aliphatic carbocycles. The molecule has 10 nitrogen and oxygen atoms in total. The number of imidazole rings is 1. The Morgan fingerprint density at radius 3 is 2.23 bits per heavy atom. The number of amides is 1. The van der Waals surface area contributed by atoms with Crippen molar-refractivity contribution in [2.75, 3.05) is 13.2 Å². The first kappa shape index (κ1) is 31.5. The lowest BCUT2D eigenvalue weighted by molar-refractivity contribution is -0.156. The fourth-order valence-corrected chi connectivity index (χ4v) is 5.30. The number of esters is 1. The van der Waals surface area contributed by atoms with Crippen molar-refractivity contribution in [2.45, 2.75) is 50.3 Å². The van der Waals surface area contributed by atoms with E-state index in [2.05, 4.69) is 27.2 Å². The Kier molecular flexibility index (Phi) is 10.3. The largest absolute Gasteiger partial charge is 0.493 e. The average molecular weight is 605 g/mol. The molecule has 4 rings (SSSR count). The zero-order chi connectivity index (χ0) is 30.9. The molecule has 226 valence electrons. The van der Waals surface area contributed by atoms with Crippen LogP contribution in [0.15, 0.2) is 102 Å². The van der Waals surface area contributed by atoms with Gasteiger partial charge in [0.25, 0.3) is 5.91 Å². The molecule has 4 aromatic rings. The Morgan fingerprint density at radius 1 is 0.930 bits per heavy atom. The number of nitrogens with zero attached hydrogens (tertiary/aromatic N) is 2. The molecule has 1 unspecified atom stereocenters. The number of ether oxygens (including phenoxy) is 2. The van der Waals surface area contributed by atoms with E-state index in [0.717, 1.165) is 12.2 Å². The number of aromatic nitrogens is 2. The minimum atomic E-state index is -4.04. The molecule has 1 atom stereocenters. The fraction of sp³-hybridized carbons (Fsp3) is 0.281. The highest BCUT2D eigenvalue weighted by atomic mass is 32.2. The van der Waals surface area contributed by atoms with Gasteiger partial charge in [-0.3, -0.25) is 9.59 Å². The number of nitrogens with one attached hydrogen (secondary N) is 2. The fourth-order valence-electron chi connectivity index (χ4n) is 4.09. The Morgan fingerprint density at radius 2 is 1.58 bits per heavy atom. The van der Waals surface area contributed by atoms with E-state index in [-0.39, 0.29) is 11.4 Å². The summed E-state index contributed by atoms with van der Waals surface area (Å²) in [6.45, 7) is 5.87. The van der Waals surface area contributed by atoms with E-state index in [9.17, 15) is 18.0 Å². The lowest BCUT2D eigenvalue weighted by Gasteiger charge is -2.24. The van der Waals surface area contributed by atoms with Crippen LogP contribution in [0.3, 0.4) is 0 Å². The summed E-state index contributed by atoms with van der Waals surface area (Å²) in [6.07, 6.45) is 4.42. The summed E-state index contributed by atoms with van der Waals surface area (Å²) in [5.74, 6) is -0.702. The zero-order valence-electron chi connectivity index (χ0n) is 24.4. The molecule has 0 saturated heterocycles. The lowest BCUT2D eigenvalue weighted by Crippen LogP contribution is -2.50. The number of sulfonamides is 1. The molecule has 0 spiro atoms. The van der Waals surface area contributed by atoms with Crippen LogP contribution in [-0.2, 0) is 32.5 Å². The van der Waals surface area contributed by atoms with Gasteiger partial charge in [-0.05, 0) is 62.7 Å². The normalized spacial score (nSPS) is 12.3. The monoisotopic (exact) mass is 604 g/mol. The maximum atomic E-state index is 12.9. The van der Waals surface area contributed by atoms with E-state index in [4.69, 9.17) is 9.47 Å². The van der Waals surface area contributed by atoms with Crippen molar-refractivity contribution in [3.8, 4) is 5.75 Å². The van der Waals surface area contributed by atoms with Crippen LogP contribution in [0.1, 0.15) is 42.4 Å². The first-order valence-electron chi connectivity index (χ1n) is 13.8. The SMILES string of the molecule is CC(C)(C)OC(=O)C(CNC(=O)c1ccc(OCCc2cn(Cc3ccccc3)cn2)cc1)NS(=O)(=O)c1ccccc1. The molecule has 1 heterocycles. The summed E-state index contributed by atoms with van der Waals surface area (Å²) in [7, 11) is -4.04. The van der Waals surface area contributed by atoms with Gasteiger partial charge in [0.15, 0.2) is 0 Å². The van der Waals surface area contributed by atoms with E-state index in [1.807, 2.05) is 29.0 Å². The highest BCUT2D eigenvalue weighted by Crippen LogP contribution is 2.15. The lowest BCUT2D eigenvalue weighted by atomic mass is 10.2. The molecular formula is C32H36N4O6S. The van der Waals surface area contributed by atoms with E-state index in [1.165, 1.54) is 17.7 Å². The van der Waals surface area contributed by atoms with Crippen molar-refractivity contribution >= 4 is 21.9 Å². The molecule has 1 aromatic heterocycles. The average Bonchev–Trinajstić information content (AvgIpc) is 3.42. The zero-order valence-corrected chi connectivity index (χ0v) is 25.2. The van der Waals surface area contributed by atoms with Crippen LogP contribution in [0.5, 0.6) is 5.75 Å². The van der Waals surface area contributed by atoms with E-state index in [1.54, 1.807) is 69.6 Å². The van der Waals surface area contributed by atoms with Crippen LogP contribution >= 0.6 is 0 Å². The van der Waals surface area contributed by atoms with Crippen molar-refractivity contribution in [1.29, 1.82) is 0 Å². The Balaban J connectivity index is 1.30. The van der Waals surface area contributed by atoms with Gasteiger partial charge >= 0.3 is 5.97 Å². The summed E-state index contributed by atoms with van der Waals surface area (Å²) >= 11 is 0. The second kappa shape index (κ2) is 14.1. The third-order valence-electron chi connectivity index (χ3n) is 6.15. The van der Waals surface area contributed by atoms with Crippen LogP contribution in [0, 0.1) is 0 Å². The molecule has 0 fully saturated rings. The van der Waals surface area contributed by atoms with Crippen molar-refractivity contribution in [3.05, 3.63) is 114 Å². The summed E-state index contributed by atoms with van der Waals surface area (Å²) in [5, 5.41) is 2.63. The summed E-state index contributed by atoms with van der Waals surface area (Å²) in [4.78, 5) is 30.1. The van der Waals surface area contributed by atoms with Gasteiger partial charge in [-0.1, -0.05) is 48.5 Å². The minimum Gasteiger partial charge on any atom is -0.493 e. The Bertz CT molecular complexity index is 1600. The number of rotatable bonds is 13. The van der Waals surface area contributed by atoms with Gasteiger partial charge in [0.1, 0.15) is 17.4 Å². The molecule has 0 bridgehead atoms.